The highest BCUT2D eigenvalue weighted by atomic mass is 19.1. The summed E-state index contributed by atoms with van der Waals surface area (Å²) in [7, 11) is 0. The van der Waals surface area contributed by atoms with Crippen LogP contribution >= 0.6 is 0 Å². The van der Waals surface area contributed by atoms with Crippen LogP contribution < -0.4 is 10.6 Å². The first-order valence-corrected chi connectivity index (χ1v) is 6.35. The van der Waals surface area contributed by atoms with E-state index < -0.39 is 0 Å². The number of anilines is 1. The van der Waals surface area contributed by atoms with Crippen molar-refractivity contribution >= 4 is 11.5 Å². The number of nitrogens with two attached hydrogens (primary N) is 1. The van der Waals surface area contributed by atoms with Crippen LogP contribution in [0.3, 0.4) is 0 Å². The Morgan fingerprint density at radius 3 is 2.74 bits per heavy atom. The molecule has 1 heterocycles. The summed E-state index contributed by atoms with van der Waals surface area (Å²) in [6.07, 6.45) is 0.0515. The van der Waals surface area contributed by atoms with Crippen molar-refractivity contribution < 1.29 is 9.13 Å². The number of rotatable bonds is 2. The molecule has 0 amide bonds. The van der Waals surface area contributed by atoms with Crippen molar-refractivity contribution in [3.63, 3.8) is 0 Å². The Hall–Kier alpha value is -1.62. The maximum Gasteiger partial charge on any atom is 0.147 e. The van der Waals surface area contributed by atoms with Gasteiger partial charge in [-0.2, -0.15) is 0 Å². The van der Waals surface area contributed by atoms with Crippen LogP contribution in [-0.4, -0.2) is 30.6 Å². The third-order valence-electron chi connectivity index (χ3n) is 3.17. The molecule has 1 aliphatic heterocycles. The maximum absolute atomic E-state index is 14.1. The van der Waals surface area contributed by atoms with Crippen LogP contribution in [-0.2, 0) is 4.74 Å². The molecule has 4 nitrogen and oxygen atoms in total. The van der Waals surface area contributed by atoms with Crippen molar-refractivity contribution in [3.05, 3.63) is 29.6 Å². The largest absolute Gasteiger partial charge is 0.384 e. The minimum atomic E-state index is -0.349. The van der Waals surface area contributed by atoms with E-state index in [1.165, 1.54) is 6.07 Å². The molecule has 2 rings (SSSR count). The summed E-state index contributed by atoms with van der Waals surface area (Å²) in [5.74, 6) is -0.473. The SMILES string of the molecule is CC1CN(c2ccc(C(=N)N)cc2F)CC(C)(C)O1. The highest BCUT2D eigenvalue weighted by Crippen LogP contribution is 2.28. The number of amidine groups is 1. The molecule has 0 bridgehead atoms. The number of nitrogens with zero attached hydrogens (tertiary/aromatic N) is 1. The molecule has 1 saturated heterocycles. The van der Waals surface area contributed by atoms with Gasteiger partial charge < -0.3 is 15.4 Å². The van der Waals surface area contributed by atoms with Gasteiger partial charge in [0, 0.05) is 18.7 Å². The van der Waals surface area contributed by atoms with Crippen molar-refractivity contribution in [1.82, 2.24) is 0 Å². The number of ether oxygens (including phenoxy) is 1. The van der Waals surface area contributed by atoms with Crippen LogP contribution in [0.5, 0.6) is 0 Å². The minimum absolute atomic E-state index is 0.0515. The molecule has 1 fully saturated rings. The summed E-state index contributed by atoms with van der Waals surface area (Å²) in [5, 5.41) is 7.32. The van der Waals surface area contributed by atoms with Crippen molar-refractivity contribution in [3.8, 4) is 0 Å². The summed E-state index contributed by atoms with van der Waals surface area (Å²) in [5.41, 5.74) is 6.00. The molecule has 1 aliphatic rings. The lowest BCUT2D eigenvalue weighted by atomic mass is 10.0. The Morgan fingerprint density at radius 2 is 2.21 bits per heavy atom. The van der Waals surface area contributed by atoms with E-state index in [0.717, 1.165) is 0 Å². The Kier molecular flexibility index (Phi) is 3.49. The van der Waals surface area contributed by atoms with Gasteiger partial charge in [-0.3, -0.25) is 5.41 Å². The molecule has 19 heavy (non-hydrogen) atoms. The number of nitrogens with one attached hydrogen (secondary N) is 1. The van der Waals surface area contributed by atoms with E-state index in [1.54, 1.807) is 12.1 Å². The zero-order valence-corrected chi connectivity index (χ0v) is 11.5. The molecule has 0 aromatic heterocycles. The van der Waals surface area contributed by atoms with Crippen LogP contribution in [0.2, 0.25) is 0 Å². The van der Waals surface area contributed by atoms with E-state index in [4.69, 9.17) is 15.9 Å². The number of morpholine rings is 1. The monoisotopic (exact) mass is 265 g/mol. The van der Waals surface area contributed by atoms with Gasteiger partial charge in [-0.1, -0.05) is 0 Å². The Morgan fingerprint density at radius 1 is 1.53 bits per heavy atom. The third-order valence-corrected chi connectivity index (χ3v) is 3.17. The normalized spacial score (nSPS) is 22.3. The third kappa shape index (κ3) is 3.04. The van der Waals surface area contributed by atoms with Gasteiger partial charge in [-0.05, 0) is 39.0 Å². The first-order chi connectivity index (χ1) is 8.78. The molecule has 0 spiro atoms. The average molecular weight is 265 g/mol. The number of halogens is 1. The van der Waals surface area contributed by atoms with Crippen LogP contribution in [0, 0.1) is 11.2 Å². The van der Waals surface area contributed by atoms with Gasteiger partial charge in [0.25, 0.3) is 0 Å². The summed E-state index contributed by atoms with van der Waals surface area (Å²) >= 11 is 0. The van der Waals surface area contributed by atoms with Gasteiger partial charge in [-0.25, -0.2) is 4.39 Å². The number of nitrogen functional groups attached to an aromatic ring is 1. The standard InChI is InChI=1S/C14H20FN3O/c1-9-7-18(8-14(2,3)19-9)12-5-4-10(13(16)17)6-11(12)15/h4-6,9H,7-8H2,1-3H3,(H3,16,17). The minimum Gasteiger partial charge on any atom is -0.384 e. The van der Waals surface area contributed by atoms with E-state index in [-0.39, 0.29) is 23.4 Å². The van der Waals surface area contributed by atoms with E-state index >= 15 is 0 Å². The molecule has 5 heteroatoms. The van der Waals surface area contributed by atoms with Gasteiger partial charge in [0.15, 0.2) is 0 Å². The van der Waals surface area contributed by atoms with E-state index in [9.17, 15) is 4.39 Å². The lowest BCUT2D eigenvalue weighted by molar-refractivity contribution is -0.0751. The first-order valence-electron chi connectivity index (χ1n) is 6.35. The van der Waals surface area contributed by atoms with Gasteiger partial charge in [0.2, 0.25) is 0 Å². The summed E-state index contributed by atoms with van der Waals surface area (Å²) < 4.78 is 19.9. The Bertz CT molecular complexity index is 501. The molecule has 0 radical (unpaired) electrons. The molecule has 0 aliphatic carbocycles. The number of hydrogen-bond acceptors (Lipinski definition) is 3. The quantitative estimate of drug-likeness (QED) is 0.636. The molecule has 1 unspecified atom stereocenters. The summed E-state index contributed by atoms with van der Waals surface area (Å²) in [6, 6.07) is 4.67. The highest BCUT2D eigenvalue weighted by molar-refractivity contribution is 5.95. The second-order valence-corrected chi connectivity index (χ2v) is 5.65. The lowest BCUT2D eigenvalue weighted by Crippen LogP contribution is -2.52. The van der Waals surface area contributed by atoms with E-state index in [2.05, 4.69) is 0 Å². The molecule has 1 aromatic carbocycles. The second-order valence-electron chi connectivity index (χ2n) is 5.65. The van der Waals surface area contributed by atoms with Crippen LogP contribution in [0.4, 0.5) is 10.1 Å². The highest BCUT2D eigenvalue weighted by Gasteiger charge is 2.32. The van der Waals surface area contributed by atoms with E-state index in [0.29, 0.717) is 24.3 Å². The summed E-state index contributed by atoms with van der Waals surface area (Å²) in [6.45, 7) is 7.26. The van der Waals surface area contributed by atoms with Crippen molar-refractivity contribution in [2.75, 3.05) is 18.0 Å². The fourth-order valence-electron chi connectivity index (χ4n) is 2.57. The van der Waals surface area contributed by atoms with Crippen LogP contribution in [0.25, 0.3) is 0 Å². The van der Waals surface area contributed by atoms with E-state index in [1.807, 2.05) is 25.7 Å². The van der Waals surface area contributed by atoms with Gasteiger partial charge in [0.1, 0.15) is 11.7 Å². The predicted octanol–water partition coefficient (Wildman–Crippen LogP) is 2.11. The molecule has 1 atom stereocenters. The van der Waals surface area contributed by atoms with Gasteiger partial charge in [-0.15, -0.1) is 0 Å². The molecular formula is C14H20FN3O. The summed E-state index contributed by atoms with van der Waals surface area (Å²) in [4.78, 5) is 1.98. The first kappa shape index (κ1) is 13.8. The number of hydrogen-bond donors (Lipinski definition) is 2. The molecule has 0 saturated carbocycles. The van der Waals surface area contributed by atoms with Crippen molar-refractivity contribution in [1.29, 1.82) is 5.41 Å². The topological polar surface area (TPSA) is 62.3 Å². The van der Waals surface area contributed by atoms with Crippen LogP contribution in [0.1, 0.15) is 26.3 Å². The fourth-order valence-corrected chi connectivity index (χ4v) is 2.57. The van der Waals surface area contributed by atoms with Gasteiger partial charge in [0.05, 0.1) is 17.4 Å². The zero-order chi connectivity index (χ0) is 14.2. The fraction of sp³-hybridized carbons (Fsp3) is 0.500. The Balaban J connectivity index is 2.29. The molecule has 1 aromatic rings. The average Bonchev–Trinajstić information content (AvgIpc) is 2.25. The Labute approximate surface area is 112 Å². The molecule has 104 valence electrons. The molecular weight excluding hydrogens is 245 g/mol. The lowest BCUT2D eigenvalue weighted by Gasteiger charge is -2.43. The zero-order valence-electron chi connectivity index (χ0n) is 11.5. The van der Waals surface area contributed by atoms with Crippen molar-refractivity contribution in [2.24, 2.45) is 5.73 Å². The number of benzene rings is 1. The smallest absolute Gasteiger partial charge is 0.147 e. The van der Waals surface area contributed by atoms with Crippen LogP contribution in [0.15, 0.2) is 18.2 Å². The van der Waals surface area contributed by atoms with Gasteiger partial charge >= 0.3 is 0 Å². The maximum atomic E-state index is 14.1. The predicted molar refractivity (Wildman–Crippen MR) is 74.3 cm³/mol. The van der Waals surface area contributed by atoms with Crippen molar-refractivity contribution in [2.45, 2.75) is 32.5 Å². The molecule has 3 N–H and O–H groups in total. The second kappa shape index (κ2) is 4.81.